The maximum absolute atomic E-state index is 12.7. The van der Waals surface area contributed by atoms with Gasteiger partial charge in [-0.3, -0.25) is 0 Å². The smallest absolute Gasteiger partial charge is 0.216 e. The second-order valence-corrected chi connectivity index (χ2v) is 9.08. The third kappa shape index (κ3) is 3.88. The van der Waals surface area contributed by atoms with Crippen molar-refractivity contribution >= 4 is 21.6 Å². The first-order valence-corrected chi connectivity index (χ1v) is 9.94. The Morgan fingerprint density at radius 2 is 2.13 bits per heavy atom. The number of halogens is 1. The Labute approximate surface area is 143 Å². The Balaban J connectivity index is 1.69. The molecular weight excluding hydrogens is 336 g/mol. The van der Waals surface area contributed by atoms with E-state index in [1.54, 1.807) is 4.31 Å². The Hall–Kier alpha value is -0.660. The molecule has 2 unspecified atom stereocenters. The highest BCUT2D eigenvalue weighted by atomic mass is 35.5. The number of hydrogen-bond donors (Lipinski definition) is 1. The molecule has 0 aromatic heterocycles. The first-order valence-electron chi connectivity index (χ1n) is 7.95. The van der Waals surface area contributed by atoms with Gasteiger partial charge in [-0.15, -0.1) is 0 Å². The molecule has 0 bridgehead atoms. The average molecular weight is 359 g/mol. The van der Waals surface area contributed by atoms with Crippen LogP contribution in [-0.2, 0) is 20.2 Å². The number of sulfonamides is 1. The Kier molecular flexibility index (Phi) is 4.99. The van der Waals surface area contributed by atoms with Gasteiger partial charge in [0.2, 0.25) is 10.0 Å². The van der Waals surface area contributed by atoms with Crippen molar-refractivity contribution < 1.29 is 13.2 Å². The van der Waals surface area contributed by atoms with Crippen LogP contribution in [0.15, 0.2) is 24.3 Å². The maximum atomic E-state index is 12.7. The third-order valence-electron chi connectivity index (χ3n) is 4.77. The van der Waals surface area contributed by atoms with Gasteiger partial charge in [0.05, 0.1) is 18.5 Å². The summed E-state index contributed by atoms with van der Waals surface area (Å²) in [5.74, 6) is 0.0523. The molecule has 0 saturated carbocycles. The van der Waals surface area contributed by atoms with E-state index < -0.39 is 10.0 Å². The lowest BCUT2D eigenvalue weighted by molar-refractivity contribution is 0.0424. The molecule has 1 N–H and O–H groups in total. The van der Waals surface area contributed by atoms with Gasteiger partial charge in [-0.2, -0.15) is 0 Å². The van der Waals surface area contributed by atoms with Crippen LogP contribution in [0.3, 0.4) is 0 Å². The lowest BCUT2D eigenvalue weighted by Crippen LogP contribution is -2.45. The number of ether oxygens (including phenoxy) is 1. The van der Waals surface area contributed by atoms with E-state index in [0.717, 1.165) is 18.5 Å². The minimum atomic E-state index is -3.30. The molecular formula is C16H23ClN2O3S. The third-order valence-corrected chi connectivity index (χ3v) is 6.92. The number of morpholine rings is 1. The summed E-state index contributed by atoms with van der Waals surface area (Å²) in [6, 6.07) is 7.71. The first kappa shape index (κ1) is 17.2. The Bertz CT molecular complexity index is 644. The van der Waals surface area contributed by atoms with Crippen molar-refractivity contribution in [3.63, 3.8) is 0 Å². The van der Waals surface area contributed by atoms with E-state index in [-0.39, 0.29) is 17.3 Å². The van der Waals surface area contributed by atoms with Gasteiger partial charge in [0, 0.05) is 36.6 Å². The normalized spacial score (nSPS) is 29.7. The van der Waals surface area contributed by atoms with E-state index in [9.17, 15) is 8.42 Å². The van der Waals surface area contributed by atoms with E-state index in [1.807, 2.05) is 24.3 Å². The summed E-state index contributed by atoms with van der Waals surface area (Å²) in [7, 11) is -3.30. The van der Waals surface area contributed by atoms with Gasteiger partial charge in [0.1, 0.15) is 0 Å². The zero-order valence-electron chi connectivity index (χ0n) is 13.3. The van der Waals surface area contributed by atoms with Crippen molar-refractivity contribution in [3.05, 3.63) is 34.9 Å². The predicted molar refractivity (Wildman–Crippen MR) is 91.4 cm³/mol. The molecule has 0 aliphatic carbocycles. The summed E-state index contributed by atoms with van der Waals surface area (Å²) < 4.78 is 32.5. The van der Waals surface area contributed by atoms with Crippen molar-refractivity contribution in [2.45, 2.75) is 24.9 Å². The lowest BCUT2D eigenvalue weighted by atomic mass is 9.82. The summed E-state index contributed by atoms with van der Waals surface area (Å²) in [4.78, 5) is 0. The zero-order valence-corrected chi connectivity index (χ0v) is 14.9. The van der Waals surface area contributed by atoms with Crippen molar-refractivity contribution in [2.24, 2.45) is 0 Å². The maximum Gasteiger partial charge on any atom is 0.216 e. The highest BCUT2D eigenvalue weighted by Gasteiger charge is 2.41. The minimum Gasteiger partial charge on any atom is -0.374 e. The van der Waals surface area contributed by atoms with Gasteiger partial charge < -0.3 is 10.1 Å². The molecule has 2 aliphatic rings. The van der Waals surface area contributed by atoms with Crippen LogP contribution in [0.25, 0.3) is 0 Å². The van der Waals surface area contributed by atoms with Crippen molar-refractivity contribution in [1.82, 2.24) is 9.62 Å². The second-order valence-electron chi connectivity index (χ2n) is 6.63. The highest BCUT2D eigenvalue weighted by Crippen LogP contribution is 2.36. The average Bonchev–Trinajstić information content (AvgIpc) is 2.93. The molecule has 1 aromatic rings. The fraction of sp³-hybridized carbons (Fsp3) is 0.625. The lowest BCUT2D eigenvalue weighted by Gasteiger charge is -2.27. The van der Waals surface area contributed by atoms with Crippen LogP contribution >= 0.6 is 11.6 Å². The number of nitrogens with zero attached hydrogens (tertiary/aromatic N) is 1. The van der Waals surface area contributed by atoms with Gasteiger partial charge >= 0.3 is 0 Å². The van der Waals surface area contributed by atoms with Crippen LogP contribution in [0.2, 0.25) is 5.02 Å². The number of nitrogens with one attached hydrogen (secondary N) is 1. The quantitative estimate of drug-likeness (QED) is 0.888. The standard InChI is InChI=1S/C16H23ClN2O3S/c1-16(13-2-4-14(17)5-3-13)6-8-19(12-16)23(20,21)11-15-10-18-7-9-22-15/h2-5,15,18H,6-12H2,1H3. The Morgan fingerprint density at radius 1 is 1.39 bits per heavy atom. The largest absolute Gasteiger partial charge is 0.374 e. The predicted octanol–water partition coefficient (Wildman–Crippen LogP) is 1.62. The van der Waals surface area contributed by atoms with E-state index in [2.05, 4.69) is 12.2 Å². The first-order chi connectivity index (χ1) is 10.9. The van der Waals surface area contributed by atoms with Crippen molar-refractivity contribution in [2.75, 3.05) is 38.5 Å². The minimum absolute atomic E-state index is 0.0523. The van der Waals surface area contributed by atoms with Crippen LogP contribution < -0.4 is 5.32 Å². The van der Waals surface area contributed by atoms with E-state index >= 15 is 0 Å². The molecule has 128 valence electrons. The van der Waals surface area contributed by atoms with E-state index in [4.69, 9.17) is 16.3 Å². The molecule has 2 heterocycles. The Morgan fingerprint density at radius 3 is 2.78 bits per heavy atom. The van der Waals surface area contributed by atoms with Crippen LogP contribution in [-0.4, -0.2) is 57.4 Å². The number of rotatable bonds is 4. The summed E-state index contributed by atoms with van der Waals surface area (Å²) >= 11 is 5.95. The van der Waals surface area contributed by atoms with Gasteiger partial charge in [0.15, 0.2) is 0 Å². The van der Waals surface area contributed by atoms with Crippen molar-refractivity contribution in [1.29, 1.82) is 0 Å². The molecule has 2 aliphatic heterocycles. The molecule has 1 aromatic carbocycles. The molecule has 5 nitrogen and oxygen atoms in total. The second kappa shape index (κ2) is 6.69. The SMILES string of the molecule is CC1(c2ccc(Cl)cc2)CCN(S(=O)(=O)CC2CNCCO2)C1. The zero-order chi connectivity index (χ0) is 16.5. The van der Waals surface area contributed by atoms with Crippen LogP contribution in [0, 0.1) is 0 Å². The monoisotopic (exact) mass is 358 g/mol. The molecule has 2 atom stereocenters. The number of hydrogen-bond acceptors (Lipinski definition) is 4. The van der Waals surface area contributed by atoms with Gasteiger partial charge in [-0.25, -0.2) is 12.7 Å². The fourth-order valence-electron chi connectivity index (χ4n) is 3.31. The van der Waals surface area contributed by atoms with Crippen LogP contribution in [0.5, 0.6) is 0 Å². The number of benzene rings is 1. The van der Waals surface area contributed by atoms with Crippen LogP contribution in [0.1, 0.15) is 18.9 Å². The van der Waals surface area contributed by atoms with E-state index in [1.165, 1.54) is 0 Å². The molecule has 0 spiro atoms. The molecule has 0 radical (unpaired) electrons. The van der Waals surface area contributed by atoms with Crippen LogP contribution in [0.4, 0.5) is 0 Å². The summed E-state index contributed by atoms with van der Waals surface area (Å²) in [6.07, 6.45) is 0.564. The van der Waals surface area contributed by atoms with Gasteiger partial charge in [-0.05, 0) is 24.1 Å². The summed E-state index contributed by atoms with van der Waals surface area (Å²) in [5, 5.41) is 3.87. The highest BCUT2D eigenvalue weighted by molar-refractivity contribution is 7.89. The molecule has 7 heteroatoms. The summed E-state index contributed by atoms with van der Waals surface area (Å²) in [5.41, 5.74) is 0.971. The van der Waals surface area contributed by atoms with Gasteiger partial charge in [0.25, 0.3) is 0 Å². The van der Waals surface area contributed by atoms with E-state index in [0.29, 0.717) is 31.3 Å². The van der Waals surface area contributed by atoms with Gasteiger partial charge in [-0.1, -0.05) is 30.7 Å². The summed E-state index contributed by atoms with van der Waals surface area (Å²) in [6.45, 7) is 5.14. The molecule has 3 rings (SSSR count). The molecule has 0 amide bonds. The topological polar surface area (TPSA) is 58.6 Å². The fourth-order valence-corrected chi connectivity index (χ4v) is 5.18. The molecule has 23 heavy (non-hydrogen) atoms. The molecule has 2 fully saturated rings. The van der Waals surface area contributed by atoms with Crippen molar-refractivity contribution in [3.8, 4) is 0 Å². The molecule has 2 saturated heterocycles.